The highest BCUT2D eigenvalue weighted by Crippen LogP contribution is 2.32. The van der Waals surface area contributed by atoms with E-state index < -0.39 is 0 Å². The van der Waals surface area contributed by atoms with Crippen LogP contribution >= 0.6 is 11.8 Å². The van der Waals surface area contributed by atoms with Crippen molar-refractivity contribution >= 4 is 18.0 Å². The van der Waals surface area contributed by atoms with E-state index in [0.29, 0.717) is 12.0 Å². The van der Waals surface area contributed by atoms with E-state index >= 15 is 0 Å². The van der Waals surface area contributed by atoms with E-state index in [1.807, 2.05) is 6.07 Å². The van der Waals surface area contributed by atoms with Gasteiger partial charge in [0.1, 0.15) is 0 Å². The highest BCUT2D eigenvalue weighted by molar-refractivity contribution is 8.00. The zero-order valence-electron chi connectivity index (χ0n) is 7.46. The third-order valence-electron chi connectivity index (χ3n) is 1.13. The van der Waals surface area contributed by atoms with Crippen molar-refractivity contribution in [3.63, 3.8) is 0 Å². The minimum absolute atomic E-state index is 0.123. The zero-order valence-corrected chi connectivity index (χ0v) is 8.27. The summed E-state index contributed by atoms with van der Waals surface area (Å²) in [6.45, 7) is 6.29. The Morgan fingerprint density at radius 1 is 1.42 bits per heavy atom. The van der Waals surface area contributed by atoms with E-state index in [-0.39, 0.29) is 4.75 Å². The first-order valence-corrected chi connectivity index (χ1v) is 4.57. The second kappa shape index (κ2) is 3.35. The average molecular weight is 184 g/mol. The van der Waals surface area contributed by atoms with Crippen molar-refractivity contribution in [2.24, 2.45) is 0 Å². The smallest absolute Gasteiger partial charge is 0.185 e. The molecular weight excluding hydrogens is 172 g/mol. The molecule has 0 fully saturated rings. The fourth-order valence-electron chi connectivity index (χ4n) is 0.754. The highest BCUT2D eigenvalue weighted by Gasteiger charge is 2.14. The van der Waals surface area contributed by atoms with E-state index in [1.54, 1.807) is 17.8 Å². The molecule has 0 bridgehead atoms. The maximum Gasteiger partial charge on any atom is 0.185 e. The Kier molecular flexibility index (Phi) is 2.62. The Labute approximate surface area is 76.3 Å². The van der Waals surface area contributed by atoms with E-state index in [0.717, 1.165) is 5.09 Å². The Hall–Kier alpha value is -0.700. The van der Waals surface area contributed by atoms with Crippen LogP contribution in [0.4, 0.5) is 0 Å². The van der Waals surface area contributed by atoms with Crippen LogP contribution in [0, 0.1) is 0 Å². The summed E-state index contributed by atoms with van der Waals surface area (Å²) in [5, 5.41) is 0.796. The molecule has 12 heavy (non-hydrogen) atoms. The van der Waals surface area contributed by atoms with Crippen LogP contribution in [0.25, 0.3) is 0 Å². The van der Waals surface area contributed by atoms with Gasteiger partial charge in [-0.05, 0) is 12.1 Å². The standard InChI is InChI=1S/C9H12O2S/c1-9(2,3)12-8-5-4-7(6-10)11-8/h4-6H,1-3H3. The lowest BCUT2D eigenvalue weighted by Crippen LogP contribution is -2.05. The minimum atomic E-state index is 0.123. The van der Waals surface area contributed by atoms with Crippen molar-refractivity contribution in [3.05, 3.63) is 17.9 Å². The highest BCUT2D eigenvalue weighted by atomic mass is 32.2. The lowest BCUT2D eigenvalue weighted by atomic mass is 10.3. The first-order valence-electron chi connectivity index (χ1n) is 3.75. The molecule has 0 atom stereocenters. The molecule has 0 saturated heterocycles. The second-order valence-corrected chi connectivity index (χ2v) is 5.32. The van der Waals surface area contributed by atoms with Gasteiger partial charge in [0, 0.05) is 4.75 Å². The molecule has 1 aromatic heterocycles. The van der Waals surface area contributed by atoms with Crippen LogP contribution in [-0.2, 0) is 0 Å². The summed E-state index contributed by atoms with van der Waals surface area (Å²) < 4.78 is 5.33. The summed E-state index contributed by atoms with van der Waals surface area (Å²) in [5.74, 6) is 0.391. The minimum Gasteiger partial charge on any atom is -0.447 e. The van der Waals surface area contributed by atoms with Gasteiger partial charge < -0.3 is 4.42 Å². The van der Waals surface area contributed by atoms with Gasteiger partial charge in [-0.3, -0.25) is 4.79 Å². The van der Waals surface area contributed by atoms with Gasteiger partial charge in [0.05, 0.1) is 0 Å². The van der Waals surface area contributed by atoms with Crippen molar-refractivity contribution in [2.45, 2.75) is 30.6 Å². The molecule has 3 heteroatoms. The van der Waals surface area contributed by atoms with Crippen molar-refractivity contribution < 1.29 is 9.21 Å². The maximum absolute atomic E-state index is 10.3. The zero-order chi connectivity index (χ0) is 9.19. The molecule has 2 nitrogen and oxygen atoms in total. The van der Waals surface area contributed by atoms with E-state index in [9.17, 15) is 4.79 Å². The lowest BCUT2D eigenvalue weighted by molar-refractivity contribution is 0.109. The normalized spacial score (nSPS) is 11.6. The molecule has 1 rings (SSSR count). The molecule has 0 aromatic carbocycles. The first kappa shape index (κ1) is 9.39. The molecule has 66 valence electrons. The molecule has 0 N–H and O–H groups in total. The number of carbonyl (C=O) groups excluding carboxylic acids is 1. The topological polar surface area (TPSA) is 30.2 Å². The molecule has 0 aliphatic carbocycles. The van der Waals surface area contributed by atoms with Gasteiger partial charge in [-0.15, -0.1) is 0 Å². The van der Waals surface area contributed by atoms with Crippen molar-refractivity contribution in [1.82, 2.24) is 0 Å². The van der Waals surface area contributed by atoms with Crippen LogP contribution in [0.2, 0.25) is 0 Å². The quantitative estimate of drug-likeness (QED) is 0.523. The largest absolute Gasteiger partial charge is 0.447 e. The number of hydrogen-bond donors (Lipinski definition) is 0. The van der Waals surface area contributed by atoms with Gasteiger partial charge >= 0.3 is 0 Å². The number of aldehydes is 1. The summed E-state index contributed by atoms with van der Waals surface area (Å²) in [5.41, 5.74) is 0. The monoisotopic (exact) mass is 184 g/mol. The number of furan rings is 1. The Morgan fingerprint density at radius 2 is 2.08 bits per heavy atom. The third-order valence-corrected chi connectivity index (χ3v) is 2.16. The molecule has 0 saturated carbocycles. The van der Waals surface area contributed by atoms with Crippen LogP contribution in [-0.4, -0.2) is 11.0 Å². The second-order valence-electron chi connectivity index (χ2n) is 3.49. The SMILES string of the molecule is CC(C)(C)Sc1ccc(C=O)o1. The molecule has 0 radical (unpaired) electrons. The average Bonchev–Trinajstić information content (AvgIpc) is 2.32. The maximum atomic E-state index is 10.3. The van der Waals surface area contributed by atoms with Crippen molar-refractivity contribution in [3.8, 4) is 0 Å². The van der Waals surface area contributed by atoms with E-state index in [1.165, 1.54) is 0 Å². The number of rotatable bonds is 2. The molecule has 0 spiro atoms. The van der Waals surface area contributed by atoms with Gasteiger partial charge in [0.2, 0.25) is 0 Å². The number of carbonyl (C=O) groups is 1. The Balaban J connectivity index is 2.70. The molecule has 1 aromatic rings. The van der Waals surface area contributed by atoms with Gasteiger partial charge in [0.15, 0.2) is 17.1 Å². The number of hydrogen-bond acceptors (Lipinski definition) is 3. The van der Waals surface area contributed by atoms with Crippen LogP contribution < -0.4 is 0 Å². The van der Waals surface area contributed by atoms with Gasteiger partial charge in [-0.1, -0.05) is 32.5 Å². The van der Waals surface area contributed by atoms with Crippen molar-refractivity contribution in [2.75, 3.05) is 0 Å². The van der Waals surface area contributed by atoms with E-state index in [4.69, 9.17) is 4.42 Å². The fourth-order valence-corrected chi connectivity index (χ4v) is 1.63. The van der Waals surface area contributed by atoms with Gasteiger partial charge in [-0.2, -0.15) is 0 Å². The third kappa shape index (κ3) is 2.74. The Morgan fingerprint density at radius 3 is 2.50 bits per heavy atom. The molecule has 0 aliphatic rings. The van der Waals surface area contributed by atoms with Gasteiger partial charge in [0.25, 0.3) is 0 Å². The van der Waals surface area contributed by atoms with Gasteiger partial charge in [-0.25, -0.2) is 0 Å². The Bertz CT molecular complexity index is 270. The number of thioether (sulfide) groups is 1. The van der Waals surface area contributed by atoms with Crippen LogP contribution in [0.1, 0.15) is 31.3 Å². The van der Waals surface area contributed by atoms with Crippen LogP contribution in [0.15, 0.2) is 21.6 Å². The van der Waals surface area contributed by atoms with Crippen LogP contribution in [0.3, 0.4) is 0 Å². The first-order chi connectivity index (χ1) is 5.51. The summed E-state index contributed by atoms with van der Waals surface area (Å²) >= 11 is 1.61. The summed E-state index contributed by atoms with van der Waals surface area (Å²) in [6.07, 6.45) is 0.715. The molecule has 1 heterocycles. The molecule has 0 aliphatic heterocycles. The molecule has 0 amide bonds. The van der Waals surface area contributed by atoms with Crippen molar-refractivity contribution in [1.29, 1.82) is 0 Å². The van der Waals surface area contributed by atoms with E-state index in [2.05, 4.69) is 20.8 Å². The summed E-state index contributed by atoms with van der Waals surface area (Å²) in [7, 11) is 0. The van der Waals surface area contributed by atoms with Crippen LogP contribution in [0.5, 0.6) is 0 Å². The molecular formula is C9H12O2S. The lowest BCUT2D eigenvalue weighted by Gasteiger charge is -2.14. The summed E-state index contributed by atoms with van der Waals surface area (Å²) in [6, 6.07) is 3.50. The fraction of sp³-hybridized carbons (Fsp3) is 0.444. The molecule has 0 unspecified atom stereocenters. The predicted octanol–water partition coefficient (Wildman–Crippen LogP) is 2.98. The predicted molar refractivity (Wildman–Crippen MR) is 49.7 cm³/mol. The summed E-state index contributed by atoms with van der Waals surface area (Å²) in [4.78, 5) is 10.3.